The summed E-state index contributed by atoms with van der Waals surface area (Å²) in [7, 11) is 0. The molecule has 1 saturated heterocycles. The van der Waals surface area contributed by atoms with E-state index >= 15 is 0 Å². The van der Waals surface area contributed by atoms with Crippen molar-refractivity contribution in [3.8, 4) is 0 Å². The highest BCUT2D eigenvalue weighted by Gasteiger charge is 2.38. The minimum absolute atomic E-state index is 0.0216. The van der Waals surface area contributed by atoms with Gasteiger partial charge in [0.2, 0.25) is 5.91 Å². The monoisotopic (exact) mass is 247 g/mol. The van der Waals surface area contributed by atoms with Crippen LogP contribution in [0.2, 0.25) is 0 Å². The number of amides is 1. The SMILES string of the molecule is CC(C)N1CCN2c3nccnc3NC(=O)[C@@H]2C1. The van der Waals surface area contributed by atoms with E-state index in [-0.39, 0.29) is 11.9 Å². The summed E-state index contributed by atoms with van der Waals surface area (Å²) in [5, 5.41) is 2.84. The molecule has 2 aliphatic heterocycles. The first-order chi connectivity index (χ1) is 8.66. The molecule has 0 aromatic carbocycles. The van der Waals surface area contributed by atoms with Crippen molar-refractivity contribution in [3.05, 3.63) is 12.4 Å². The van der Waals surface area contributed by atoms with Crippen LogP contribution in [-0.4, -0.2) is 52.5 Å². The topological polar surface area (TPSA) is 61.4 Å². The minimum atomic E-state index is -0.148. The molecule has 3 rings (SSSR count). The Balaban J connectivity index is 1.91. The summed E-state index contributed by atoms with van der Waals surface area (Å²) in [6.45, 7) is 6.84. The van der Waals surface area contributed by atoms with E-state index in [4.69, 9.17) is 0 Å². The molecule has 0 aliphatic carbocycles. The Morgan fingerprint density at radius 1 is 1.33 bits per heavy atom. The smallest absolute Gasteiger partial charge is 0.249 e. The molecule has 6 nitrogen and oxygen atoms in total. The van der Waals surface area contributed by atoms with Gasteiger partial charge in [-0.1, -0.05) is 0 Å². The molecule has 1 fully saturated rings. The Morgan fingerprint density at radius 3 is 2.89 bits per heavy atom. The number of nitrogens with one attached hydrogen (secondary N) is 1. The molecule has 0 spiro atoms. The van der Waals surface area contributed by atoms with E-state index in [1.54, 1.807) is 12.4 Å². The zero-order valence-electron chi connectivity index (χ0n) is 10.6. The number of carbonyl (C=O) groups is 1. The molecule has 0 radical (unpaired) electrons. The summed E-state index contributed by atoms with van der Waals surface area (Å²) in [6, 6.07) is 0.313. The lowest BCUT2D eigenvalue weighted by Gasteiger charge is -2.44. The molecule has 2 aliphatic rings. The second-order valence-electron chi connectivity index (χ2n) is 5.02. The van der Waals surface area contributed by atoms with Gasteiger partial charge in [-0.15, -0.1) is 0 Å². The Labute approximate surface area is 106 Å². The number of hydrogen-bond donors (Lipinski definition) is 1. The van der Waals surface area contributed by atoms with Gasteiger partial charge in [0.15, 0.2) is 11.6 Å². The van der Waals surface area contributed by atoms with Crippen molar-refractivity contribution in [2.24, 2.45) is 0 Å². The maximum atomic E-state index is 12.1. The number of rotatable bonds is 1. The van der Waals surface area contributed by atoms with E-state index < -0.39 is 0 Å². The molecule has 6 heteroatoms. The fourth-order valence-electron chi connectivity index (χ4n) is 2.58. The number of fused-ring (bicyclic) bond motifs is 3. The molecule has 0 unspecified atom stereocenters. The standard InChI is InChI=1S/C12H17N5O/c1-8(2)16-5-6-17-9(7-16)12(18)15-10-11(17)14-4-3-13-10/h3-4,8-9H,5-7H2,1-2H3,(H,13,15,18)/t9-/m0/s1. The zero-order valence-corrected chi connectivity index (χ0v) is 10.6. The van der Waals surface area contributed by atoms with Gasteiger partial charge < -0.3 is 10.2 Å². The van der Waals surface area contributed by atoms with Crippen LogP contribution in [-0.2, 0) is 4.79 Å². The van der Waals surface area contributed by atoms with Crippen LogP contribution in [0, 0.1) is 0 Å². The normalized spacial score (nSPS) is 23.6. The number of aromatic nitrogens is 2. The van der Waals surface area contributed by atoms with E-state index in [0.717, 1.165) is 25.5 Å². The average molecular weight is 247 g/mol. The van der Waals surface area contributed by atoms with E-state index in [1.807, 2.05) is 0 Å². The van der Waals surface area contributed by atoms with Crippen LogP contribution in [0.1, 0.15) is 13.8 Å². The highest BCUT2D eigenvalue weighted by molar-refractivity contribution is 6.01. The van der Waals surface area contributed by atoms with Gasteiger partial charge in [-0.25, -0.2) is 9.97 Å². The van der Waals surface area contributed by atoms with Crippen molar-refractivity contribution in [2.45, 2.75) is 25.9 Å². The summed E-state index contributed by atoms with van der Waals surface area (Å²) in [4.78, 5) is 25.0. The predicted octanol–water partition coefficient (Wildman–Crippen LogP) is 0.328. The Morgan fingerprint density at radius 2 is 2.11 bits per heavy atom. The van der Waals surface area contributed by atoms with Crippen LogP contribution >= 0.6 is 0 Å². The third-order valence-corrected chi connectivity index (χ3v) is 3.64. The molecule has 1 aromatic rings. The summed E-state index contributed by atoms with van der Waals surface area (Å²) in [6.07, 6.45) is 3.27. The maximum absolute atomic E-state index is 12.1. The van der Waals surface area contributed by atoms with Gasteiger partial charge in [-0.2, -0.15) is 0 Å². The van der Waals surface area contributed by atoms with E-state index in [2.05, 4.69) is 38.9 Å². The van der Waals surface area contributed by atoms with Gasteiger partial charge >= 0.3 is 0 Å². The van der Waals surface area contributed by atoms with Crippen molar-refractivity contribution in [1.82, 2.24) is 14.9 Å². The van der Waals surface area contributed by atoms with Crippen molar-refractivity contribution in [3.63, 3.8) is 0 Å². The first-order valence-electron chi connectivity index (χ1n) is 6.29. The summed E-state index contributed by atoms with van der Waals surface area (Å²) in [5.74, 6) is 1.40. The van der Waals surface area contributed by atoms with Crippen LogP contribution in [0.25, 0.3) is 0 Å². The second kappa shape index (κ2) is 4.20. The van der Waals surface area contributed by atoms with Crippen molar-refractivity contribution >= 4 is 17.5 Å². The number of carbonyl (C=O) groups excluding carboxylic acids is 1. The molecule has 18 heavy (non-hydrogen) atoms. The van der Waals surface area contributed by atoms with Gasteiger partial charge in [-0.3, -0.25) is 9.69 Å². The van der Waals surface area contributed by atoms with Gasteiger partial charge in [-0.05, 0) is 13.8 Å². The highest BCUT2D eigenvalue weighted by Crippen LogP contribution is 2.29. The summed E-state index contributed by atoms with van der Waals surface area (Å²) < 4.78 is 0. The lowest BCUT2D eigenvalue weighted by Crippen LogP contribution is -2.61. The molecule has 96 valence electrons. The molecule has 0 saturated carbocycles. The molecule has 0 bridgehead atoms. The van der Waals surface area contributed by atoms with Gasteiger partial charge in [0.05, 0.1) is 0 Å². The Bertz CT molecular complexity index is 475. The first kappa shape index (κ1) is 11.4. The van der Waals surface area contributed by atoms with Gasteiger partial charge in [0.25, 0.3) is 0 Å². The van der Waals surface area contributed by atoms with Crippen LogP contribution in [0.15, 0.2) is 12.4 Å². The molecular formula is C12H17N5O. The third-order valence-electron chi connectivity index (χ3n) is 3.64. The predicted molar refractivity (Wildman–Crippen MR) is 68.5 cm³/mol. The summed E-state index contributed by atoms with van der Waals surface area (Å²) >= 11 is 0. The quantitative estimate of drug-likeness (QED) is 0.775. The highest BCUT2D eigenvalue weighted by atomic mass is 16.2. The molecule has 1 aromatic heterocycles. The number of hydrogen-bond acceptors (Lipinski definition) is 5. The van der Waals surface area contributed by atoms with E-state index in [0.29, 0.717) is 11.9 Å². The number of nitrogens with zero attached hydrogens (tertiary/aromatic N) is 4. The van der Waals surface area contributed by atoms with Crippen molar-refractivity contribution in [2.75, 3.05) is 29.9 Å². The molecular weight excluding hydrogens is 230 g/mol. The minimum Gasteiger partial charge on any atom is -0.339 e. The molecule has 1 atom stereocenters. The number of anilines is 2. The zero-order chi connectivity index (χ0) is 12.7. The van der Waals surface area contributed by atoms with Crippen molar-refractivity contribution < 1.29 is 4.79 Å². The molecule has 1 amide bonds. The third kappa shape index (κ3) is 1.73. The lowest BCUT2D eigenvalue weighted by atomic mass is 10.1. The average Bonchev–Trinajstić information content (AvgIpc) is 2.38. The van der Waals surface area contributed by atoms with E-state index in [1.165, 1.54) is 0 Å². The van der Waals surface area contributed by atoms with Crippen molar-refractivity contribution in [1.29, 1.82) is 0 Å². The Hall–Kier alpha value is -1.69. The first-order valence-corrected chi connectivity index (χ1v) is 6.29. The largest absolute Gasteiger partial charge is 0.339 e. The van der Waals surface area contributed by atoms with Gasteiger partial charge in [0, 0.05) is 38.1 Å². The Kier molecular flexibility index (Phi) is 2.66. The molecule has 3 heterocycles. The van der Waals surface area contributed by atoms with Crippen LogP contribution < -0.4 is 10.2 Å². The van der Waals surface area contributed by atoms with Crippen LogP contribution in [0.5, 0.6) is 0 Å². The summed E-state index contributed by atoms with van der Waals surface area (Å²) in [5.41, 5.74) is 0. The fourth-order valence-corrected chi connectivity index (χ4v) is 2.58. The number of piperazine rings is 1. The maximum Gasteiger partial charge on any atom is 0.249 e. The van der Waals surface area contributed by atoms with Gasteiger partial charge in [0.1, 0.15) is 6.04 Å². The second-order valence-corrected chi connectivity index (χ2v) is 5.02. The fraction of sp³-hybridized carbons (Fsp3) is 0.583. The lowest BCUT2D eigenvalue weighted by molar-refractivity contribution is -0.118. The van der Waals surface area contributed by atoms with Crippen LogP contribution in [0.4, 0.5) is 11.6 Å². The van der Waals surface area contributed by atoms with E-state index in [9.17, 15) is 4.79 Å². The van der Waals surface area contributed by atoms with Crippen LogP contribution in [0.3, 0.4) is 0 Å². The molecule has 1 N–H and O–H groups in total.